The van der Waals surface area contributed by atoms with Crippen LogP contribution in [0.15, 0.2) is 28.0 Å². The Bertz CT molecular complexity index is 929. The van der Waals surface area contributed by atoms with E-state index in [0.717, 1.165) is 6.54 Å². The lowest BCUT2D eigenvalue weighted by Crippen LogP contribution is -2.27. The molecule has 3 N–H and O–H groups in total. The van der Waals surface area contributed by atoms with Gasteiger partial charge in [0.15, 0.2) is 18.2 Å². The molecule has 11 nitrogen and oxygen atoms in total. The van der Waals surface area contributed by atoms with Crippen molar-refractivity contribution >= 4 is 23.1 Å². The second-order valence-electron chi connectivity index (χ2n) is 6.43. The molecule has 0 saturated carbocycles. The molecule has 2 unspecified atom stereocenters. The van der Waals surface area contributed by atoms with Crippen molar-refractivity contribution in [3.8, 4) is 6.19 Å². The smallest absolute Gasteiger partial charge is 0.201 e. The average molecular weight is 424 g/mol. The van der Waals surface area contributed by atoms with Crippen molar-refractivity contribution in [3.05, 3.63) is 40.4 Å². The maximum absolute atomic E-state index is 13.3. The van der Waals surface area contributed by atoms with E-state index in [1.54, 1.807) is 0 Å². The maximum atomic E-state index is 13.3. The summed E-state index contributed by atoms with van der Waals surface area (Å²) in [4.78, 5) is 2.02. The highest BCUT2D eigenvalue weighted by Crippen LogP contribution is 2.23. The van der Waals surface area contributed by atoms with Crippen LogP contribution >= 0.6 is 11.6 Å². The van der Waals surface area contributed by atoms with Crippen molar-refractivity contribution < 1.29 is 14.2 Å². The number of oxime groups is 1. The standard InChI is InChI=1S/C16H19ClFN9O2/c1-25(2)5-6-26-16(27(26)9-19)20-8-13-14(24-29-23-13)15(22-28)21-10-3-4-12(18)11(17)7-10/h3-4,7,16,20,28H,5-6,8H2,1-2H3,(H,21,22). The molecule has 13 heteroatoms. The molecule has 0 spiro atoms. The molecule has 0 bridgehead atoms. The number of rotatable bonds is 8. The molecule has 1 aromatic carbocycles. The summed E-state index contributed by atoms with van der Waals surface area (Å²) >= 11 is 5.76. The molecular formula is C16H19ClFN9O2. The van der Waals surface area contributed by atoms with E-state index >= 15 is 0 Å². The highest BCUT2D eigenvalue weighted by Gasteiger charge is 2.44. The fraction of sp³-hybridized carbons (Fsp3) is 0.375. The second kappa shape index (κ2) is 9.01. The third-order valence-corrected chi connectivity index (χ3v) is 4.42. The quantitative estimate of drug-likeness (QED) is 0.141. The number of amidine groups is 1. The van der Waals surface area contributed by atoms with Crippen LogP contribution < -0.4 is 10.6 Å². The van der Waals surface area contributed by atoms with Crippen LogP contribution in [0.25, 0.3) is 0 Å². The average Bonchev–Trinajstić information content (AvgIpc) is 3.17. The van der Waals surface area contributed by atoms with Crippen molar-refractivity contribution in [1.29, 1.82) is 5.26 Å². The van der Waals surface area contributed by atoms with Gasteiger partial charge in [0.25, 0.3) is 0 Å². The van der Waals surface area contributed by atoms with Gasteiger partial charge in [-0.1, -0.05) is 21.9 Å². The third-order valence-electron chi connectivity index (χ3n) is 4.13. The number of aromatic nitrogens is 2. The van der Waals surface area contributed by atoms with Crippen molar-refractivity contribution in [2.45, 2.75) is 12.8 Å². The summed E-state index contributed by atoms with van der Waals surface area (Å²) in [6.07, 6.45) is 1.81. The summed E-state index contributed by atoms with van der Waals surface area (Å²) in [7, 11) is 3.90. The third kappa shape index (κ3) is 4.90. The lowest BCUT2D eigenvalue weighted by molar-refractivity contribution is 0.298. The van der Waals surface area contributed by atoms with Crippen LogP contribution in [0.2, 0.25) is 5.02 Å². The van der Waals surface area contributed by atoms with Crippen LogP contribution in [0.5, 0.6) is 0 Å². The van der Waals surface area contributed by atoms with E-state index in [9.17, 15) is 14.9 Å². The normalized spacial score (nSPS) is 18.8. The van der Waals surface area contributed by atoms with E-state index in [1.807, 2.05) is 24.0 Å². The first-order chi connectivity index (χ1) is 13.9. The number of nitrogens with one attached hydrogen (secondary N) is 2. The Morgan fingerprint density at radius 2 is 2.28 bits per heavy atom. The summed E-state index contributed by atoms with van der Waals surface area (Å²) < 4.78 is 18.1. The van der Waals surface area contributed by atoms with Gasteiger partial charge in [0.2, 0.25) is 5.84 Å². The van der Waals surface area contributed by atoms with Crippen molar-refractivity contribution in [2.24, 2.45) is 5.16 Å². The fourth-order valence-corrected chi connectivity index (χ4v) is 2.76. The van der Waals surface area contributed by atoms with E-state index in [1.165, 1.54) is 23.2 Å². The predicted molar refractivity (Wildman–Crippen MR) is 101 cm³/mol. The van der Waals surface area contributed by atoms with Gasteiger partial charge in [-0.15, -0.1) is 0 Å². The lowest BCUT2D eigenvalue weighted by atomic mass is 10.2. The maximum Gasteiger partial charge on any atom is 0.201 e. The first kappa shape index (κ1) is 20.7. The highest BCUT2D eigenvalue weighted by molar-refractivity contribution is 6.31. The van der Waals surface area contributed by atoms with Crippen LogP contribution in [-0.2, 0) is 6.54 Å². The van der Waals surface area contributed by atoms with Crippen LogP contribution in [0.4, 0.5) is 10.1 Å². The number of nitrogens with zero attached hydrogens (tertiary/aromatic N) is 7. The summed E-state index contributed by atoms with van der Waals surface area (Å²) in [6, 6.07) is 3.94. The molecule has 0 radical (unpaired) electrons. The Labute approximate surface area is 170 Å². The predicted octanol–water partition coefficient (Wildman–Crippen LogP) is 1.06. The SMILES string of the molecule is CN(C)CCN1C(NCc2nonc2/C(=N\O)Nc2ccc(F)c(Cl)c2)N1C#N. The first-order valence-electron chi connectivity index (χ1n) is 8.54. The Morgan fingerprint density at radius 3 is 2.93 bits per heavy atom. The molecule has 3 rings (SSSR count). The van der Waals surface area contributed by atoms with Gasteiger partial charge in [0.1, 0.15) is 11.5 Å². The number of hydrogen-bond donors (Lipinski definition) is 3. The zero-order valence-corrected chi connectivity index (χ0v) is 16.4. The van der Waals surface area contributed by atoms with E-state index in [4.69, 9.17) is 16.2 Å². The van der Waals surface area contributed by atoms with Crippen LogP contribution in [-0.4, -0.2) is 69.7 Å². The molecule has 1 saturated heterocycles. The molecule has 0 amide bonds. The zero-order chi connectivity index (χ0) is 21.0. The van der Waals surface area contributed by atoms with Crippen LogP contribution in [0.3, 0.4) is 0 Å². The van der Waals surface area contributed by atoms with Crippen molar-refractivity contribution in [3.63, 3.8) is 0 Å². The van der Waals surface area contributed by atoms with Gasteiger partial charge in [0.05, 0.1) is 5.02 Å². The number of anilines is 1. The molecular weight excluding hydrogens is 405 g/mol. The molecule has 1 aromatic heterocycles. The van der Waals surface area contributed by atoms with Crippen LogP contribution in [0.1, 0.15) is 11.4 Å². The second-order valence-corrected chi connectivity index (χ2v) is 6.83. The number of halogens is 2. The molecule has 0 aliphatic carbocycles. The van der Waals surface area contributed by atoms with Gasteiger partial charge in [-0.05, 0) is 37.5 Å². The van der Waals surface area contributed by atoms with Gasteiger partial charge in [-0.25, -0.2) is 14.0 Å². The summed E-state index contributed by atoms with van der Waals surface area (Å²) in [5.41, 5.74) is 0.902. The van der Waals surface area contributed by atoms with E-state index in [0.29, 0.717) is 17.9 Å². The van der Waals surface area contributed by atoms with Gasteiger partial charge in [-0.2, -0.15) is 10.3 Å². The minimum Gasteiger partial charge on any atom is -0.409 e. The van der Waals surface area contributed by atoms with Gasteiger partial charge in [0, 0.05) is 25.3 Å². The van der Waals surface area contributed by atoms with Gasteiger partial charge in [-0.3, -0.25) is 5.32 Å². The Balaban J connectivity index is 1.64. The van der Waals surface area contributed by atoms with Gasteiger partial charge < -0.3 is 15.4 Å². The Hall–Kier alpha value is -2.98. The van der Waals surface area contributed by atoms with E-state index < -0.39 is 5.82 Å². The van der Waals surface area contributed by atoms with Crippen molar-refractivity contribution in [1.82, 2.24) is 30.5 Å². The van der Waals surface area contributed by atoms with Gasteiger partial charge >= 0.3 is 0 Å². The minimum atomic E-state index is -0.571. The number of nitriles is 1. The molecule has 1 fully saturated rings. The van der Waals surface area contributed by atoms with Crippen LogP contribution in [0, 0.1) is 17.3 Å². The monoisotopic (exact) mass is 423 g/mol. The molecule has 154 valence electrons. The fourth-order valence-electron chi connectivity index (χ4n) is 2.58. The molecule has 2 aromatic rings. The van der Waals surface area contributed by atoms with E-state index in [-0.39, 0.29) is 29.4 Å². The summed E-state index contributed by atoms with van der Waals surface area (Å²) in [6.45, 7) is 1.67. The molecule has 1 aliphatic rings. The van der Waals surface area contributed by atoms with Crippen molar-refractivity contribution in [2.75, 3.05) is 32.5 Å². The number of benzene rings is 1. The Morgan fingerprint density at radius 1 is 1.48 bits per heavy atom. The van der Waals surface area contributed by atoms with E-state index in [2.05, 4.69) is 32.3 Å². The molecule has 2 heterocycles. The largest absolute Gasteiger partial charge is 0.409 e. The first-order valence-corrected chi connectivity index (χ1v) is 8.92. The number of likely N-dealkylation sites (N-methyl/N-ethyl adjacent to an activating group) is 1. The lowest BCUT2D eigenvalue weighted by Gasteiger charge is -2.09. The number of hydrogen-bond acceptors (Lipinski definition) is 10. The highest BCUT2D eigenvalue weighted by atomic mass is 35.5. The zero-order valence-electron chi connectivity index (χ0n) is 15.7. The molecule has 1 aliphatic heterocycles. The summed E-state index contributed by atoms with van der Waals surface area (Å²) in [5.74, 6) is -0.624. The Kier molecular flexibility index (Phi) is 6.45. The molecule has 29 heavy (non-hydrogen) atoms. The number of hydrazine groups is 1. The molecule has 2 atom stereocenters. The minimum absolute atomic E-state index is 0.0527. The summed E-state index contributed by atoms with van der Waals surface area (Å²) in [5, 5.41) is 38.5. The topological polar surface area (TPSA) is 129 Å².